The minimum atomic E-state index is 1.21. The summed E-state index contributed by atoms with van der Waals surface area (Å²) in [5, 5.41) is 1.31. The summed E-state index contributed by atoms with van der Waals surface area (Å²) >= 11 is 5.43. The highest BCUT2D eigenvalue weighted by Crippen LogP contribution is 2.36. The first kappa shape index (κ1) is 8.97. The highest BCUT2D eigenvalue weighted by Gasteiger charge is 2.05. The zero-order chi connectivity index (χ0) is 9.26. The Balaban J connectivity index is 2.73. The largest absolute Gasteiger partial charge is 0.135 e. The fraction of sp³-hybridized carbons (Fsp3) is 0.0909. The van der Waals surface area contributed by atoms with Crippen LogP contribution in [0.1, 0.15) is 11.8 Å². The number of benzene rings is 1. The topological polar surface area (TPSA) is 0 Å². The molecule has 1 aromatic heterocycles. The van der Waals surface area contributed by atoms with Gasteiger partial charge in [0.05, 0.1) is 0 Å². The Hall–Kier alpha value is -0.600. The van der Waals surface area contributed by atoms with Crippen molar-refractivity contribution in [3.63, 3.8) is 0 Å². The third-order valence-electron chi connectivity index (χ3n) is 1.88. The molecule has 2 rings (SSSR count). The van der Waals surface area contributed by atoms with Crippen LogP contribution in [-0.4, -0.2) is 0 Å². The number of halogens is 1. The molecule has 0 aliphatic carbocycles. The molecule has 0 bridgehead atoms. The number of hydrogen-bond acceptors (Lipinski definition) is 1. The summed E-state index contributed by atoms with van der Waals surface area (Å²) in [6.45, 7) is 2.04. The van der Waals surface area contributed by atoms with Crippen LogP contribution in [0, 0.1) is 0 Å². The first-order valence-electron chi connectivity index (χ1n) is 4.12. The maximum Gasteiger partial charge on any atom is 0.0434 e. The fourth-order valence-corrected chi connectivity index (χ4v) is 3.21. The summed E-state index contributed by atoms with van der Waals surface area (Å²) in [6, 6.07) is 8.44. The average molecular weight is 253 g/mol. The minimum Gasteiger partial charge on any atom is -0.135 e. The van der Waals surface area contributed by atoms with Crippen molar-refractivity contribution in [1.29, 1.82) is 0 Å². The fourth-order valence-electron chi connectivity index (χ4n) is 1.29. The quantitative estimate of drug-likeness (QED) is 0.691. The van der Waals surface area contributed by atoms with Crippen molar-refractivity contribution in [1.82, 2.24) is 0 Å². The predicted molar refractivity (Wildman–Crippen MR) is 64.2 cm³/mol. The Morgan fingerprint density at radius 2 is 2.08 bits per heavy atom. The third-order valence-corrected chi connectivity index (χ3v) is 4.13. The average Bonchev–Trinajstić information content (AvgIpc) is 2.46. The van der Waals surface area contributed by atoms with Crippen molar-refractivity contribution in [3.05, 3.63) is 39.7 Å². The van der Waals surface area contributed by atoms with Crippen LogP contribution in [0.15, 0.2) is 34.8 Å². The molecule has 0 aliphatic heterocycles. The second-order valence-electron chi connectivity index (χ2n) is 2.78. The second-order valence-corrected chi connectivity index (χ2v) is 4.65. The highest BCUT2D eigenvalue weighted by molar-refractivity contribution is 9.10. The Kier molecular flexibility index (Phi) is 2.51. The SMILES string of the molecule is C/C=C/c1sc2ccccc2c1Br. The molecule has 66 valence electrons. The van der Waals surface area contributed by atoms with E-state index in [1.54, 1.807) is 0 Å². The van der Waals surface area contributed by atoms with E-state index in [-0.39, 0.29) is 0 Å². The molecule has 0 saturated carbocycles. The van der Waals surface area contributed by atoms with E-state index in [1.807, 2.05) is 18.3 Å². The molecule has 1 aromatic carbocycles. The molecular weight excluding hydrogens is 244 g/mol. The van der Waals surface area contributed by atoms with Crippen LogP contribution < -0.4 is 0 Å². The van der Waals surface area contributed by atoms with Gasteiger partial charge in [0.2, 0.25) is 0 Å². The number of allylic oxidation sites excluding steroid dienone is 1. The minimum absolute atomic E-state index is 1.21. The number of thiophene rings is 1. The summed E-state index contributed by atoms with van der Waals surface area (Å²) < 4.78 is 2.55. The molecule has 0 amide bonds. The van der Waals surface area contributed by atoms with Crippen molar-refractivity contribution in [2.75, 3.05) is 0 Å². The molecule has 0 spiro atoms. The number of fused-ring (bicyclic) bond motifs is 1. The molecule has 0 aliphatic rings. The normalized spacial score (nSPS) is 11.5. The van der Waals surface area contributed by atoms with E-state index in [9.17, 15) is 0 Å². The molecule has 1 heterocycles. The molecule has 0 fully saturated rings. The standard InChI is InChI=1S/C11H9BrS/c1-2-5-10-11(12)8-6-3-4-7-9(8)13-10/h2-7H,1H3/b5-2+. The lowest BCUT2D eigenvalue weighted by Crippen LogP contribution is -1.63. The summed E-state index contributed by atoms with van der Waals surface area (Å²) in [6.07, 6.45) is 4.20. The Bertz CT molecular complexity index is 454. The Morgan fingerprint density at radius 3 is 2.77 bits per heavy atom. The summed E-state index contributed by atoms with van der Waals surface area (Å²) in [7, 11) is 0. The van der Waals surface area contributed by atoms with E-state index in [1.165, 1.54) is 19.4 Å². The third kappa shape index (κ3) is 1.56. The van der Waals surface area contributed by atoms with Gasteiger partial charge in [0.15, 0.2) is 0 Å². The molecule has 13 heavy (non-hydrogen) atoms. The van der Waals surface area contributed by atoms with E-state index in [2.05, 4.69) is 52.3 Å². The monoisotopic (exact) mass is 252 g/mol. The van der Waals surface area contributed by atoms with Gasteiger partial charge in [0.25, 0.3) is 0 Å². The van der Waals surface area contributed by atoms with E-state index < -0.39 is 0 Å². The van der Waals surface area contributed by atoms with E-state index >= 15 is 0 Å². The lowest BCUT2D eigenvalue weighted by Gasteiger charge is -1.87. The first-order valence-corrected chi connectivity index (χ1v) is 5.73. The van der Waals surface area contributed by atoms with Crippen LogP contribution in [0.3, 0.4) is 0 Å². The summed E-state index contributed by atoms with van der Waals surface area (Å²) in [5.41, 5.74) is 0. The van der Waals surface area contributed by atoms with E-state index in [4.69, 9.17) is 0 Å². The molecule has 0 saturated heterocycles. The van der Waals surface area contributed by atoms with Crippen molar-refractivity contribution < 1.29 is 0 Å². The predicted octanol–water partition coefficient (Wildman–Crippen LogP) is 4.70. The summed E-state index contributed by atoms with van der Waals surface area (Å²) in [5.74, 6) is 0. The van der Waals surface area contributed by atoms with E-state index in [0.29, 0.717) is 0 Å². The van der Waals surface area contributed by atoms with Gasteiger partial charge >= 0.3 is 0 Å². The molecule has 0 nitrogen and oxygen atoms in total. The van der Waals surface area contributed by atoms with Gasteiger partial charge in [0.1, 0.15) is 0 Å². The van der Waals surface area contributed by atoms with Crippen LogP contribution in [0.25, 0.3) is 16.2 Å². The van der Waals surface area contributed by atoms with Crippen molar-refractivity contribution in [3.8, 4) is 0 Å². The Labute approximate surface area is 90.0 Å². The van der Waals surface area contributed by atoms with Gasteiger partial charge in [0, 0.05) is 19.4 Å². The lowest BCUT2D eigenvalue weighted by atomic mass is 10.2. The maximum atomic E-state index is 3.61. The van der Waals surface area contributed by atoms with Crippen LogP contribution in [0.2, 0.25) is 0 Å². The smallest absolute Gasteiger partial charge is 0.0434 e. The molecule has 2 aromatic rings. The summed E-state index contributed by atoms with van der Waals surface area (Å²) in [4.78, 5) is 1.30. The van der Waals surface area contributed by atoms with Crippen LogP contribution in [0.5, 0.6) is 0 Å². The van der Waals surface area contributed by atoms with Crippen molar-refractivity contribution in [2.24, 2.45) is 0 Å². The van der Waals surface area contributed by atoms with Crippen LogP contribution in [-0.2, 0) is 0 Å². The van der Waals surface area contributed by atoms with Gasteiger partial charge in [-0.2, -0.15) is 0 Å². The first-order chi connectivity index (χ1) is 6.33. The molecule has 0 N–H and O–H groups in total. The molecule has 0 unspecified atom stereocenters. The van der Waals surface area contributed by atoms with Gasteiger partial charge < -0.3 is 0 Å². The van der Waals surface area contributed by atoms with Crippen molar-refractivity contribution >= 4 is 43.4 Å². The molecule has 0 radical (unpaired) electrons. The van der Waals surface area contributed by atoms with Crippen molar-refractivity contribution in [2.45, 2.75) is 6.92 Å². The van der Waals surface area contributed by atoms with Gasteiger partial charge in [-0.15, -0.1) is 11.3 Å². The second kappa shape index (κ2) is 3.64. The van der Waals surface area contributed by atoms with E-state index in [0.717, 1.165) is 0 Å². The van der Waals surface area contributed by atoms with Crippen LogP contribution in [0.4, 0.5) is 0 Å². The zero-order valence-corrected chi connectivity index (χ0v) is 9.65. The maximum absolute atomic E-state index is 3.61. The molecular formula is C11H9BrS. The van der Waals surface area contributed by atoms with Gasteiger partial charge in [-0.3, -0.25) is 0 Å². The van der Waals surface area contributed by atoms with Gasteiger partial charge in [-0.25, -0.2) is 0 Å². The highest BCUT2D eigenvalue weighted by atomic mass is 79.9. The molecule has 0 atom stereocenters. The zero-order valence-electron chi connectivity index (χ0n) is 7.25. The number of rotatable bonds is 1. The van der Waals surface area contributed by atoms with Crippen LogP contribution >= 0.6 is 27.3 Å². The molecule has 2 heteroatoms. The van der Waals surface area contributed by atoms with Gasteiger partial charge in [-0.05, 0) is 35.0 Å². The lowest BCUT2D eigenvalue weighted by molar-refractivity contribution is 1.77. The number of hydrogen-bond donors (Lipinski definition) is 0. The van der Waals surface area contributed by atoms with Gasteiger partial charge in [-0.1, -0.05) is 24.3 Å². The Morgan fingerprint density at radius 1 is 1.31 bits per heavy atom.